The third-order valence-electron chi connectivity index (χ3n) is 2.46. The van der Waals surface area contributed by atoms with Crippen molar-refractivity contribution in [3.63, 3.8) is 0 Å². The number of fused-ring (bicyclic) bond motifs is 3. The molecule has 1 unspecified atom stereocenters. The molecule has 4 nitrogen and oxygen atoms in total. The zero-order valence-electron chi connectivity index (χ0n) is 7.47. The summed E-state index contributed by atoms with van der Waals surface area (Å²) < 4.78 is 5.48. The lowest BCUT2D eigenvalue weighted by atomic mass is 10.1. The lowest BCUT2D eigenvalue weighted by molar-refractivity contribution is -0.266. The maximum absolute atomic E-state index is 11.8. The van der Waals surface area contributed by atoms with Gasteiger partial charge in [0.1, 0.15) is 0 Å². The molecule has 0 spiro atoms. The summed E-state index contributed by atoms with van der Waals surface area (Å²) in [5, 5.41) is 1.31. The van der Waals surface area contributed by atoms with E-state index in [2.05, 4.69) is 0 Å². The largest absolute Gasteiger partial charge is 0.349 e. The Kier molecular flexibility index (Phi) is 1.59. The molecule has 1 aromatic carbocycles. The van der Waals surface area contributed by atoms with Crippen LogP contribution in [0.1, 0.15) is 22.1 Å². The van der Waals surface area contributed by atoms with Crippen LogP contribution in [-0.2, 0) is 9.57 Å². The highest BCUT2D eigenvalue weighted by atomic mass is 16.7. The van der Waals surface area contributed by atoms with Crippen LogP contribution in [0.25, 0.3) is 0 Å². The van der Waals surface area contributed by atoms with Crippen LogP contribution in [0.2, 0.25) is 0 Å². The Hall–Kier alpha value is -1.39. The second-order valence-corrected chi connectivity index (χ2v) is 3.27. The minimum absolute atomic E-state index is 0.106. The highest BCUT2D eigenvalue weighted by Crippen LogP contribution is 2.35. The second-order valence-electron chi connectivity index (χ2n) is 3.27. The van der Waals surface area contributed by atoms with Crippen molar-refractivity contribution < 1.29 is 14.4 Å². The Morgan fingerprint density at radius 3 is 3.07 bits per heavy atom. The molecule has 2 heterocycles. The lowest BCUT2D eigenvalue weighted by Gasteiger charge is -2.28. The molecule has 3 rings (SSSR count). The SMILES string of the molecule is O=C1c2ccccc2C2OCCON12. The third kappa shape index (κ3) is 0.921. The summed E-state index contributed by atoms with van der Waals surface area (Å²) in [5.41, 5.74) is 1.58. The minimum atomic E-state index is -0.340. The molecule has 1 saturated heterocycles. The summed E-state index contributed by atoms with van der Waals surface area (Å²) in [6.07, 6.45) is -0.340. The van der Waals surface area contributed by atoms with Gasteiger partial charge in [0, 0.05) is 11.1 Å². The zero-order chi connectivity index (χ0) is 9.54. The summed E-state index contributed by atoms with van der Waals surface area (Å²) in [5.74, 6) is -0.106. The van der Waals surface area contributed by atoms with Crippen LogP contribution >= 0.6 is 0 Å². The molecule has 72 valence electrons. The molecule has 0 aliphatic carbocycles. The van der Waals surface area contributed by atoms with Crippen molar-refractivity contribution in [2.45, 2.75) is 6.23 Å². The van der Waals surface area contributed by atoms with Crippen LogP contribution in [0.15, 0.2) is 24.3 Å². The Bertz CT molecular complexity index is 391. The quantitative estimate of drug-likeness (QED) is 0.616. The summed E-state index contributed by atoms with van der Waals surface area (Å²) in [7, 11) is 0. The Balaban J connectivity index is 2.11. The number of amides is 1. The van der Waals surface area contributed by atoms with Gasteiger partial charge in [-0.2, -0.15) is 5.06 Å². The van der Waals surface area contributed by atoms with Gasteiger partial charge in [-0.3, -0.25) is 9.63 Å². The topological polar surface area (TPSA) is 38.8 Å². The van der Waals surface area contributed by atoms with E-state index < -0.39 is 0 Å². The average molecular weight is 191 g/mol. The number of carbonyl (C=O) groups excluding carboxylic acids is 1. The predicted molar refractivity (Wildman–Crippen MR) is 47.3 cm³/mol. The number of hydroxylamine groups is 2. The first-order chi connectivity index (χ1) is 6.88. The van der Waals surface area contributed by atoms with Gasteiger partial charge in [-0.15, -0.1) is 0 Å². The molecular formula is C10H9NO3. The first-order valence-corrected chi connectivity index (χ1v) is 4.55. The van der Waals surface area contributed by atoms with Gasteiger partial charge in [0.2, 0.25) is 0 Å². The van der Waals surface area contributed by atoms with Crippen molar-refractivity contribution in [3.05, 3.63) is 35.4 Å². The molecule has 0 saturated carbocycles. The van der Waals surface area contributed by atoms with Crippen LogP contribution in [-0.4, -0.2) is 24.2 Å². The number of rotatable bonds is 0. The average Bonchev–Trinajstić information content (AvgIpc) is 2.55. The molecule has 4 heteroatoms. The first-order valence-electron chi connectivity index (χ1n) is 4.55. The smallest absolute Gasteiger partial charge is 0.280 e. The molecule has 1 amide bonds. The standard InChI is InChI=1S/C10H9NO3/c12-9-7-3-1-2-4-8(7)10-11(9)14-6-5-13-10/h1-4,10H,5-6H2. The van der Waals surface area contributed by atoms with E-state index in [0.717, 1.165) is 5.56 Å². The lowest BCUT2D eigenvalue weighted by Crippen LogP contribution is -2.36. The molecule has 0 bridgehead atoms. The molecule has 1 aromatic rings. The molecule has 14 heavy (non-hydrogen) atoms. The molecule has 0 aromatic heterocycles. The van der Waals surface area contributed by atoms with Crippen LogP contribution in [0.5, 0.6) is 0 Å². The van der Waals surface area contributed by atoms with E-state index in [1.54, 1.807) is 6.07 Å². The van der Waals surface area contributed by atoms with Gasteiger partial charge < -0.3 is 4.74 Å². The van der Waals surface area contributed by atoms with Crippen molar-refractivity contribution in [3.8, 4) is 0 Å². The first kappa shape index (κ1) is 7.96. The highest BCUT2D eigenvalue weighted by molar-refractivity contribution is 5.98. The summed E-state index contributed by atoms with van der Waals surface area (Å²) in [6, 6.07) is 7.43. The number of ether oxygens (including phenoxy) is 1. The molecule has 2 aliphatic heterocycles. The monoisotopic (exact) mass is 191 g/mol. The number of carbonyl (C=O) groups is 1. The summed E-state index contributed by atoms with van der Waals surface area (Å²) in [4.78, 5) is 17.0. The number of hydrogen-bond acceptors (Lipinski definition) is 3. The molecular weight excluding hydrogens is 182 g/mol. The fraction of sp³-hybridized carbons (Fsp3) is 0.300. The number of nitrogens with zero attached hydrogens (tertiary/aromatic N) is 1. The van der Waals surface area contributed by atoms with E-state index in [4.69, 9.17) is 9.57 Å². The van der Waals surface area contributed by atoms with E-state index in [1.807, 2.05) is 18.2 Å². The van der Waals surface area contributed by atoms with Gasteiger partial charge in [0.15, 0.2) is 6.23 Å². The number of hydrogen-bond donors (Lipinski definition) is 0. The fourth-order valence-corrected chi connectivity index (χ4v) is 1.84. The van der Waals surface area contributed by atoms with Gasteiger partial charge >= 0.3 is 0 Å². The normalized spacial score (nSPS) is 24.7. The van der Waals surface area contributed by atoms with E-state index in [0.29, 0.717) is 18.8 Å². The molecule has 0 radical (unpaired) electrons. The zero-order valence-corrected chi connectivity index (χ0v) is 7.47. The maximum Gasteiger partial charge on any atom is 0.280 e. The molecule has 1 atom stereocenters. The molecule has 2 aliphatic rings. The third-order valence-corrected chi connectivity index (χ3v) is 2.46. The highest BCUT2D eigenvalue weighted by Gasteiger charge is 2.40. The molecule has 1 fully saturated rings. The van der Waals surface area contributed by atoms with Crippen LogP contribution in [0, 0.1) is 0 Å². The van der Waals surface area contributed by atoms with Gasteiger partial charge in [-0.25, -0.2) is 0 Å². The van der Waals surface area contributed by atoms with Crippen molar-refractivity contribution in [1.82, 2.24) is 5.06 Å². The van der Waals surface area contributed by atoms with E-state index in [9.17, 15) is 4.79 Å². The van der Waals surface area contributed by atoms with Gasteiger partial charge in [0.25, 0.3) is 5.91 Å². The second kappa shape index (κ2) is 2.80. The van der Waals surface area contributed by atoms with Crippen LogP contribution in [0.3, 0.4) is 0 Å². The summed E-state index contributed by atoms with van der Waals surface area (Å²) >= 11 is 0. The van der Waals surface area contributed by atoms with Gasteiger partial charge in [0.05, 0.1) is 13.2 Å². The Labute approximate surface area is 81.0 Å². The van der Waals surface area contributed by atoms with Crippen molar-refractivity contribution in [2.24, 2.45) is 0 Å². The minimum Gasteiger partial charge on any atom is -0.349 e. The van der Waals surface area contributed by atoms with Crippen molar-refractivity contribution in [2.75, 3.05) is 13.2 Å². The van der Waals surface area contributed by atoms with E-state index in [-0.39, 0.29) is 12.1 Å². The van der Waals surface area contributed by atoms with Crippen molar-refractivity contribution in [1.29, 1.82) is 0 Å². The van der Waals surface area contributed by atoms with Crippen LogP contribution < -0.4 is 0 Å². The Morgan fingerprint density at radius 2 is 2.14 bits per heavy atom. The fourth-order valence-electron chi connectivity index (χ4n) is 1.84. The van der Waals surface area contributed by atoms with E-state index >= 15 is 0 Å². The number of benzene rings is 1. The summed E-state index contributed by atoms with van der Waals surface area (Å²) in [6.45, 7) is 0.971. The Morgan fingerprint density at radius 1 is 1.29 bits per heavy atom. The van der Waals surface area contributed by atoms with Gasteiger partial charge in [-0.1, -0.05) is 18.2 Å². The van der Waals surface area contributed by atoms with E-state index in [1.165, 1.54) is 5.06 Å². The predicted octanol–water partition coefficient (Wildman–Crippen LogP) is 1.10. The molecule has 0 N–H and O–H groups in total. The maximum atomic E-state index is 11.8. The van der Waals surface area contributed by atoms with Crippen molar-refractivity contribution >= 4 is 5.91 Å². The van der Waals surface area contributed by atoms with Crippen LogP contribution in [0.4, 0.5) is 0 Å². The van der Waals surface area contributed by atoms with Gasteiger partial charge in [-0.05, 0) is 6.07 Å².